The molecule has 0 unspecified atom stereocenters. The van der Waals surface area contributed by atoms with Crippen LogP contribution in [0.4, 0.5) is 4.79 Å². The summed E-state index contributed by atoms with van der Waals surface area (Å²) in [7, 11) is 0. The van der Waals surface area contributed by atoms with Gasteiger partial charge in [-0.3, -0.25) is 14.5 Å². The van der Waals surface area contributed by atoms with Crippen molar-refractivity contribution >= 4 is 74.2 Å². The molecule has 0 radical (unpaired) electrons. The molecule has 1 N–H and O–H groups in total. The van der Waals surface area contributed by atoms with Gasteiger partial charge in [0.25, 0.3) is 11.1 Å². The third-order valence-corrected chi connectivity index (χ3v) is 5.53. The number of halogens is 2. The summed E-state index contributed by atoms with van der Waals surface area (Å²) in [5.74, 6) is -0.154. The van der Waals surface area contributed by atoms with Gasteiger partial charge < -0.3 is 5.11 Å². The van der Waals surface area contributed by atoms with Gasteiger partial charge in [0, 0.05) is 15.2 Å². The number of benzene rings is 1. The Hall–Kier alpha value is -0.290. The molecular formula is C14H13I2NO3S. The van der Waals surface area contributed by atoms with Gasteiger partial charge in [0.15, 0.2) is 0 Å². The number of rotatable bonds is 3. The molecule has 1 fully saturated rings. The summed E-state index contributed by atoms with van der Waals surface area (Å²) in [5.41, 5.74) is 0.556. The maximum Gasteiger partial charge on any atom is 0.293 e. The molecule has 0 bridgehead atoms. The Morgan fingerprint density at radius 2 is 2.05 bits per heavy atom. The van der Waals surface area contributed by atoms with Crippen LogP contribution in [-0.2, 0) is 4.79 Å². The number of amides is 2. The average molecular weight is 529 g/mol. The van der Waals surface area contributed by atoms with Crippen LogP contribution in [0, 0.1) is 7.14 Å². The van der Waals surface area contributed by atoms with E-state index in [1.807, 2.05) is 42.5 Å². The van der Waals surface area contributed by atoms with E-state index in [9.17, 15) is 14.7 Å². The van der Waals surface area contributed by atoms with Crippen molar-refractivity contribution in [1.29, 1.82) is 0 Å². The Bertz CT molecular complexity index is 645. The molecule has 0 saturated carbocycles. The minimum atomic E-state index is -0.285. The second-order valence-corrected chi connectivity index (χ2v) is 8.04. The predicted molar refractivity (Wildman–Crippen MR) is 101 cm³/mol. The first-order valence-electron chi connectivity index (χ1n) is 6.30. The van der Waals surface area contributed by atoms with Gasteiger partial charge in [-0.1, -0.05) is 6.92 Å². The second kappa shape index (κ2) is 6.86. The lowest BCUT2D eigenvalue weighted by Crippen LogP contribution is -2.36. The van der Waals surface area contributed by atoms with Crippen molar-refractivity contribution in [2.75, 3.05) is 0 Å². The molecule has 1 aliphatic heterocycles. The van der Waals surface area contributed by atoms with Gasteiger partial charge in [0.2, 0.25) is 0 Å². The van der Waals surface area contributed by atoms with Gasteiger partial charge in [-0.2, -0.15) is 0 Å². The molecule has 0 spiro atoms. The lowest BCUT2D eigenvalue weighted by Gasteiger charge is -2.19. The van der Waals surface area contributed by atoms with Gasteiger partial charge in [-0.25, -0.2) is 0 Å². The largest absolute Gasteiger partial charge is 0.506 e. The van der Waals surface area contributed by atoms with Crippen LogP contribution in [0.15, 0.2) is 17.0 Å². The number of hydrogen-bond acceptors (Lipinski definition) is 4. The van der Waals surface area contributed by atoms with Gasteiger partial charge in [-0.05, 0) is 88.5 Å². The quantitative estimate of drug-likeness (QED) is 0.465. The Morgan fingerprint density at radius 3 is 2.67 bits per heavy atom. The van der Waals surface area contributed by atoms with Crippen molar-refractivity contribution in [2.24, 2.45) is 0 Å². The van der Waals surface area contributed by atoms with Crippen LogP contribution in [-0.4, -0.2) is 27.2 Å². The van der Waals surface area contributed by atoms with Crippen LogP contribution in [0.3, 0.4) is 0 Å². The van der Waals surface area contributed by atoms with Crippen molar-refractivity contribution in [3.63, 3.8) is 0 Å². The summed E-state index contributed by atoms with van der Waals surface area (Å²) < 4.78 is 1.68. The van der Waals surface area contributed by atoms with E-state index >= 15 is 0 Å². The number of aromatic hydroxyl groups is 1. The maximum absolute atomic E-state index is 12.3. The second-order valence-electron chi connectivity index (χ2n) is 4.63. The fraction of sp³-hybridized carbons (Fsp3) is 0.286. The van der Waals surface area contributed by atoms with Crippen LogP contribution in [0.2, 0.25) is 0 Å². The molecule has 1 aromatic carbocycles. The number of phenolic OH excluding ortho intramolecular Hbond substituents is 1. The maximum atomic E-state index is 12.3. The molecule has 4 nitrogen and oxygen atoms in total. The number of hydrogen-bond donors (Lipinski definition) is 1. The summed E-state index contributed by atoms with van der Waals surface area (Å²) in [4.78, 5) is 25.9. The van der Waals surface area contributed by atoms with E-state index in [0.717, 1.165) is 21.8 Å². The van der Waals surface area contributed by atoms with Crippen LogP contribution in [0.5, 0.6) is 5.75 Å². The highest BCUT2D eigenvalue weighted by atomic mass is 127. The smallest absolute Gasteiger partial charge is 0.293 e. The number of carbonyl (C=O) groups is 2. The first-order chi connectivity index (χ1) is 9.85. The molecule has 2 rings (SSSR count). The molecule has 1 atom stereocenters. The summed E-state index contributed by atoms with van der Waals surface area (Å²) >= 11 is 5.11. The van der Waals surface area contributed by atoms with Gasteiger partial charge in [-0.15, -0.1) is 0 Å². The zero-order chi connectivity index (χ0) is 15.7. The first kappa shape index (κ1) is 17.1. The van der Waals surface area contributed by atoms with E-state index in [0.29, 0.717) is 14.0 Å². The van der Waals surface area contributed by atoms with Crippen LogP contribution >= 0.6 is 56.9 Å². The topological polar surface area (TPSA) is 57.6 Å². The molecule has 1 saturated heterocycles. The van der Waals surface area contributed by atoms with E-state index in [-0.39, 0.29) is 22.9 Å². The zero-order valence-corrected chi connectivity index (χ0v) is 16.5. The normalized spacial score (nSPS) is 18.7. The standard InChI is InChI=1S/C14H13I2NO3S/c1-3-7(2)17-13(19)11(21-14(17)20)5-8-4-9(15)6-10(16)12(8)18/h4-7,18H,3H2,1-2H3/b11-5+/t7-/m0/s1. The Kier molecular flexibility index (Phi) is 5.58. The predicted octanol–water partition coefficient (Wildman–Crippen LogP) is 4.44. The Balaban J connectivity index is 2.40. The number of phenols is 1. The molecular weight excluding hydrogens is 516 g/mol. The van der Waals surface area contributed by atoms with Gasteiger partial charge in [0.05, 0.1) is 8.48 Å². The monoisotopic (exact) mass is 529 g/mol. The summed E-state index contributed by atoms with van der Waals surface area (Å²) in [6.07, 6.45) is 2.31. The fourth-order valence-electron chi connectivity index (χ4n) is 1.88. The van der Waals surface area contributed by atoms with Crippen LogP contribution in [0.25, 0.3) is 6.08 Å². The Labute approximate surface area is 154 Å². The molecule has 21 heavy (non-hydrogen) atoms. The van der Waals surface area contributed by atoms with E-state index in [4.69, 9.17) is 0 Å². The lowest BCUT2D eigenvalue weighted by atomic mass is 10.1. The van der Waals surface area contributed by atoms with Gasteiger partial charge >= 0.3 is 0 Å². The number of thioether (sulfide) groups is 1. The van der Waals surface area contributed by atoms with Gasteiger partial charge in [0.1, 0.15) is 5.75 Å². The Morgan fingerprint density at radius 1 is 1.38 bits per heavy atom. The number of nitrogens with zero attached hydrogens (tertiary/aromatic N) is 1. The van der Waals surface area contributed by atoms with Crippen molar-refractivity contribution in [1.82, 2.24) is 4.90 Å². The SMILES string of the molecule is CC[C@H](C)N1C(=O)S/C(=C/c2cc(I)cc(I)c2O)C1=O. The van der Waals surface area contributed by atoms with E-state index in [2.05, 4.69) is 22.6 Å². The third kappa shape index (κ3) is 3.55. The first-order valence-corrected chi connectivity index (χ1v) is 9.27. The highest BCUT2D eigenvalue weighted by Gasteiger charge is 2.37. The van der Waals surface area contributed by atoms with Crippen molar-refractivity contribution < 1.29 is 14.7 Å². The molecule has 0 aromatic heterocycles. The summed E-state index contributed by atoms with van der Waals surface area (Å²) in [5, 5.41) is 9.83. The third-order valence-electron chi connectivity index (χ3n) is 3.20. The molecule has 1 aromatic rings. The minimum absolute atomic E-state index is 0.118. The molecule has 7 heteroatoms. The zero-order valence-electron chi connectivity index (χ0n) is 11.4. The average Bonchev–Trinajstić information content (AvgIpc) is 2.69. The molecule has 112 valence electrons. The minimum Gasteiger partial charge on any atom is -0.506 e. The highest BCUT2D eigenvalue weighted by Crippen LogP contribution is 2.36. The molecule has 0 aliphatic carbocycles. The van der Waals surface area contributed by atoms with Crippen LogP contribution in [0.1, 0.15) is 25.8 Å². The van der Waals surface area contributed by atoms with Crippen molar-refractivity contribution in [3.8, 4) is 5.75 Å². The molecule has 1 heterocycles. The van der Waals surface area contributed by atoms with E-state index < -0.39 is 0 Å². The summed E-state index contributed by atoms with van der Waals surface area (Å²) in [6.45, 7) is 3.79. The van der Waals surface area contributed by atoms with Crippen molar-refractivity contribution in [3.05, 3.63) is 29.7 Å². The highest BCUT2D eigenvalue weighted by molar-refractivity contribution is 14.1. The summed E-state index contributed by atoms with van der Waals surface area (Å²) in [6, 6.07) is 3.52. The van der Waals surface area contributed by atoms with E-state index in [1.54, 1.807) is 12.1 Å². The molecule has 2 amide bonds. The fourth-order valence-corrected chi connectivity index (χ4v) is 4.69. The lowest BCUT2D eigenvalue weighted by molar-refractivity contribution is -0.124. The number of carbonyl (C=O) groups excluding carboxylic acids is 2. The molecule has 1 aliphatic rings. The van der Waals surface area contributed by atoms with Crippen LogP contribution < -0.4 is 0 Å². The van der Waals surface area contributed by atoms with E-state index in [1.165, 1.54) is 4.90 Å². The van der Waals surface area contributed by atoms with Crippen molar-refractivity contribution in [2.45, 2.75) is 26.3 Å². The number of imide groups is 1.